The smallest absolute Gasteiger partial charge is 0.0184 e. The molecule has 2 aliphatic rings. The summed E-state index contributed by atoms with van der Waals surface area (Å²) in [6, 6.07) is 0. The van der Waals surface area contributed by atoms with Crippen molar-refractivity contribution in [2.24, 2.45) is 0 Å². The van der Waals surface area contributed by atoms with E-state index in [1.165, 1.54) is 12.6 Å². The molecule has 1 heteroatoms. The van der Waals surface area contributed by atoms with E-state index < -0.39 is 0 Å². The third-order valence-electron chi connectivity index (χ3n) is 2.12. The Morgan fingerprint density at radius 3 is 3.11 bits per heavy atom. The van der Waals surface area contributed by atoms with Crippen molar-refractivity contribution in [2.45, 2.75) is 12.1 Å². The minimum absolute atomic E-state index is 0.370. The standard InChI is InChI=1S/C8H11P/c1-9-6-7-4-2-3-5-8(7)9/h3-5,8H,2,6H2,1H3. The van der Waals surface area contributed by atoms with Crippen LogP contribution in [-0.4, -0.2) is 18.5 Å². The summed E-state index contributed by atoms with van der Waals surface area (Å²) in [6.07, 6.45) is 9.70. The molecule has 2 rings (SSSR count). The zero-order valence-electron chi connectivity index (χ0n) is 5.67. The van der Waals surface area contributed by atoms with Gasteiger partial charge in [0.05, 0.1) is 0 Å². The molecule has 0 N–H and O–H groups in total. The first kappa shape index (κ1) is 5.68. The fourth-order valence-corrected chi connectivity index (χ4v) is 3.48. The van der Waals surface area contributed by atoms with Crippen LogP contribution in [0.2, 0.25) is 0 Å². The van der Waals surface area contributed by atoms with Gasteiger partial charge in [0.15, 0.2) is 0 Å². The average Bonchev–Trinajstić information content (AvgIpc) is 1.86. The SMILES string of the molecule is CP1CC2=CCC=CC21. The van der Waals surface area contributed by atoms with E-state index in [1.807, 2.05) is 0 Å². The molecule has 1 heterocycles. The van der Waals surface area contributed by atoms with Gasteiger partial charge < -0.3 is 0 Å². The Morgan fingerprint density at radius 1 is 1.67 bits per heavy atom. The van der Waals surface area contributed by atoms with E-state index >= 15 is 0 Å². The third-order valence-corrected chi connectivity index (χ3v) is 4.44. The molecule has 0 saturated carbocycles. The van der Waals surface area contributed by atoms with Gasteiger partial charge in [-0.3, -0.25) is 0 Å². The minimum atomic E-state index is 0.370. The normalized spacial score (nSPS) is 39.0. The van der Waals surface area contributed by atoms with E-state index in [0.717, 1.165) is 5.66 Å². The van der Waals surface area contributed by atoms with Crippen LogP contribution >= 0.6 is 7.92 Å². The molecule has 2 atom stereocenters. The van der Waals surface area contributed by atoms with Gasteiger partial charge in [-0.05, 0) is 19.2 Å². The van der Waals surface area contributed by atoms with E-state index in [4.69, 9.17) is 0 Å². The van der Waals surface area contributed by atoms with Crippen LogP contribution in [0.5, 0.6) is 0 Å². The summed E-state index contributed by atoms with van der Waals surface area (Å²) in [6.45, 7) is 2.40. The second-order valence-electron chi connectivity index (χ2n) is 2.80. The second kappa shape index (κ2) is 1.95. The van der Waals surface area contributed by atoms with E-state index in [2.05, 4.69) is 24.9 Å². The molecule has 0 spiro atoms. The number of allylic oxidation sites excluding steroid dienone is 4. The van der Waals surface area contributed by atoms with Crippen LogP contribution in [0.3, 0.4) is 0 Å². The molecular formula is C8H11P. The number of fused-ring (bicyclic) bond motifs is 1. The summed E-state index contributed by atoms with van der Waals surface area (Å²) in [5, 5.41) is 0. The van der Waals surface area contributed by atoms with E-state index in [0.29, 0.717) is 7.92 Å². The van der Waals surface area contributed by atoms with Crippen LogP contribution in [0.1, 0.15) is 6.42 Å². The lowest BCUT2D eigenvalue weighted by Crippen LogP contribution is -2.22. The predicted octanol–water partition coefficient (Wildman–Crippen LogP) is 2.37. The molecule has 0 amide bonds. The number of rotatable bonds is 0. The monoisotopic (exact) mass is 138 g/mol. The molecule has 9 heavy (non-hydrogen) atoms. The first-order chi connectivity index (χ1) is 4.38. The first-order valence-electron chi connectivity index (χ1n) is 3.44. The van der Waals surface area contributed by atoms with Gasteiger partial charge in [0.25, 0.3) is 0 Å². The van der Waals surface area contributed by atoms with E-state index in [-0.39, 0.29) is 0 Å². The molecule has 48 valence electrons. The fourth-order valence-electron chi connectivity index (χ4n) is 1.53. The van der Waals surface area contributed by atoms with Crippen molar-refractivity contribution in [3.63, 3.8) is 0 Å². The van der Waals surface area contributed by atoms with Crippen LogP contribution in [0.15, 0.2) is 23.8 Å². The second-order valence-corrected chi connectivity index (χ2v) is 5.19. The van der Waals surface area contributed by atoms with Gasteiger partial charge in [0.1, 0.15) is 0 Å². The lowest BCUT2D eigenvalue weighted by atomic mass is 10.1. The highest BCUT2D eigenvalue weighted by atomic mass is 31.1. The topological polar surface area (TPSA) is 0 Å². The molecule has 0 aromatic heterocycles. The molecule has 0 aromatic rings. The highest BCUT2D eigenvalue weighted by molar-refractivity contribution is 7.60. The molecular weight excluding hydrogens is 127 g/mol. The highest BCUT2D eigenvalue weighted by Gasteiger charge is 2.29. The van der Waals surface area contributed by atoms with Gasteiger partial charge in [0, 0.05) is 5.66 Å². The van der Waals surface area contributed by atoms with Gasteiger partial charge in [0.2, 0.25) is 0 Å². The Bertz CT molecular complexity index is 179. The van der Waals surface area contributed by atoms with Crippen molar-refractivity contribution in [1.29, 1.82) is 0 Å². The van der Waals surface area contributed by atoms with Crippen LogP contribution in [-0.2, 0) is 0 Å². The van der Waals surface area contributed by atoms with Crippen molar-refractivity contribution in [3.8, 4) is 0 Å². The predicted molar refractivity (Wildman–Crippen MR) is 43.3 cm³/mol. The van der Waals surface area contributed by atoms with Gasteiger partial charge in [-0.25, -0.2) is 0 Å². The van der Waals surface area contributed by atoms with Crippen LogP contribution in [0.4, 0.5) is 0 Å². The lowest BCUT2D eigenvalue weighted by molar-refractivity contribution is 1.06. The maximum Gasteiger partial charge on any atom is 0.0184 e. The molecule has 0 radical (unpaired) electrons. The number of hydrogen-bond donors (Lipinski definition) is 0. The zero-order chi connectivity index (χ0) is 6.27. The molecule has 0 nitrogen and oxygen atoms in total. The Morgan fingerprint density at radius 2 is 2.56 bits per heavy atom. The van der Waals surface area contributed by atoms with Crippen molar-refractivity contribution in [1.82, 2.24) is 0 Å². The van der Waals surface area contributed by atoms with Gasteiger partial charge in [-0.1, -0.05) is 31.7 Å². The quantitative estimate of drug-likeness (QED) is 0.356. The molecule has 1 aliphatic heterocycles. The Labute approximate surface area is 57.4 Å². The maximum absolute atomic E-state index is 2.40. The van der Waals surface area contributed by atoms with Gasteiger partial charge in [-0.2, -0.15) is 0 Å². The van der Waals surface area contributed by atoms with Gasteiger partial charge in [-0.15, -0.1) is 0 Å². The molecule has 2 unspecified atom stereocenters. The minimum Gasteiger partial charge on any atom is -0.0944 e. The van der Waals surface area contributed by atoms with Crippen LogP contribution in [0.25, 0.3) is 0 Å². The van der Waals surface area contributed by atoms with E-state index in [9.17, 15) is 0 Å². The maximum atomic E-state index is 2.40. The highest BCUT2D eigenvalue weighted by Crippen LogP contribution is 2.55. The Hall–Kier alpha value is -0.0900. The van der Waals surface area contributed by atoms with Crippen molar-refractivity contribution >= 4 is 7.92 Å². The number of hydrogen-bond acceptors (Lipinski definition) is 0. The Kier molecular flexibility index (Phi) is 1.23. The summed E-state index contributed by atoms with van der Waals surface area (Å²) >= 11 is 0. The molecule has 1 fully saturated rings. The summed E-state index contributed by atoms with van der Waals surface area (Å²) in [4.78, 5) is 0. The molecule has 0 aromatic carbocycles. The summed E-state index contributed by atoms with van der Waals surface area (Å²) in [5.74, 6) is 0. The molecule has 1 aliphatic carbocycles. The first-order valence-corrected chi connectivity index (χ1v) is 5.48. The summed E-state index contributed by atoms with van der Waals surface area (Å²) < 4.78 is 0. The zero-order valence-corrected chi connectivity index (χ0v) is 6.57. The van der Waals surface area contributed by atoms with Crippen molar-refractivity contribution in [3.05, 3.63) is 23.8 Å². The molecule has 1 saturated heterocycles. The molecule has 0 bridgehead atoms. The summed E-state index contributed by atoms with van der Waals surface area (Å²) in [5.41, 5.74) is 2.61. The van der Waals surface area contributed by atoms with Crippen molar-refractivity contribution in [2.75, 3.05) is 12.8 Å². The summed E-state index contributed by atoms with van der Waals surface area (Å²) in [7, 11) is 0.370. The largest absolute Gasteiger partial charge is 0.0944 e. The average molecular weight is 138 g/mol. The fraction of sp³-hybridized carbons (Fsp3) is 0.500. The van der Waals surface area contributed by atoms with E-state index in [1.54, 1.807) is 5.57 Å². The van der Waals surface area contributed by atoms with Crippen LogP contribution in [0, 0.1) is 0 Å². The lowest BCUT2D eigenvalue weighted by Gasteiger charge is -2.37. The Balaban J connectivity index is 2.18. The van der Waals surface area contributed by atoms with Crippen LogP contribution < -0.4 is 0 Å². The van der Waals surface area contributed by atoms with Crippen molar-refractivity contribution < 1.29 is 0 Å². The van der Waals surface area contributed by atoms with Gasteiger partial charge >= 0.3 is 0 Å². The third kappa shape index (κ3) is 0.773.